The number of hydrogen-bond donors (Lipinski definition) is 1. The van der Waals surface area contributed by atoms with Crippen LogP contribution in [0.1, 0.15) is 0 Å². The van der Waals surface area contributed by atoms with Crippen LogP contribution in [0.4, 0.5) is 0 Å². The Morgan fingerprint density at radius 2 is 2.45 bits per heavy atom. The Hall–Kier alpha value is -1.16. The number of fused-ring (bicyclic) bond motifs is 1. The summed E-state index contributed by atoms with van der Waals surface area (Å²) in [5.41, 5.74) is 0.971. The molecule has 0 spiro atoms. The summed E-state index contributed by atoms with van der Waals surface area (Å²) in [6.45, 7) is 0. The predicted molar refractivity (Wildman–Crippen MR) is 39.7 cm³/mol. The number of nitrogens with zero attached hydrogens (tertiary/aromatic N) is 2. The number of oxazole rings is 1. The van der Waals surface area contributed by atoms with Crippen LogP contribution in [0.2, 0.25) is 5.02 Å². The molecular formula is C6H5ClN2O2. The van der Waals surface area contributed by atoms with Gasteiger partial charge in [0.25, 0.3) is 0 Å². The van der Waals surface area contributed by atoms with Gasteiger partial charge in [0.1, 0.15) is 5.02 Å². The van der Waals surface area contributed by atoms with Crippen LogP contribution in [0.3, 0.4) is 0 Å². The van der Waals surface area contributed by atoms with E-state index in [1.54, 1.807) is 7.05 Å². The molecule has 0 aliphatic heterocycles. The Bertz CT molecular complexity index is 369. The molecule has 2 heterocycles. The van der Waals surface area contributed by atoms with E-state index in [-0.39, 0.29) is 10.9 Å². The number of halogens is 1. The summed E-state index contributed by atoms with van der Waals surface area (Å²) in [5, 5.41) is 9.46. The molecule has 0 aromatic carbocycles. The Kier molecular flexibility index (Phi) is 1.14. The van der Waals surface area contributed by atoms with Crippen molar-refractivity contribution >= 4 is 22.8 Å². The molecule has 0 amide bonds. The lowest BCUT2D eigenvalue weighted by molar-refractivity contribution is 0.434. The van der Waals surface area contributed by atoms with Crippen molar-refractivity contribution in [2.24, 2.45) is 7.05 Å². The van der Waals surface area contributed by atoms with Crippen LogP contribution < -0.4 is 0 Å². The zero-order valence-corrected chi connectivity index (χ0v) is 6.46. The van der Waals surface area contributed by atoms with Gasteiger partial charge in [-0.15, -0.1) is 0 Å². The first-order valence-electron chi connectivity index (χ1n) is 2.98. The van der Waals surface area contributed by atoms with Gasteiger partial charge in [0.05, 0.1) is 0 Å². The zero-order chi connectivity index (χ0) is 8.01. The number of aryl methyl sites for hydroxylation is 1. The molecule has 0 saturated heterocycles. The highest BCUT2D eigenvalue weighted by Gasteiger charge is 2.15. The van der Waals surface area contributed by atoms with Crippen LogP contribution in [-0.4, -0.2) is 14.7 Å². The van der Waals surface area contributed by atoms with Gasteiger partial charge in [0.15, 0.2) is 17.6 Å². The first kappa shape index (κ1) is 6.54. The lowest BCUT2D eigenvalue weighted by atomic mass is 10.6. The zero-order valence-electron chi connectivity index (χ0n) is 5.71. The Morgan fingerprint density at radius 3 is 3.09 bits per heavy atom. The Morgan fingerprint density at radius 1 is 1.73 bits per heavy atom. The second-order valence-electron chi connectivity index (χ2n) is 2.20. The fourth-order valence-electron chi connectivity index (χ4n) is 0.978. The van der Waals surface area contributed by atoms with Gasteiger partial charge in [0.2, 0.25) is 5.88 Å². The standard InChI is InChI=1S/C6H5ClN2O2/c1-9-5-4(11-2-8-5)3(7)6(9)10/h2,10H,1H3. The molecule has 11 heavy (non-hydrogen) atoms. The van der Waals surface area contributed by atoms with Crippen LogP contribution in [0, 0.1) is 0 Å². The smallest absolute Gasteiger partial charge is 0.215 e. The molecule has 0 aliphatic rings. The van der Waals surface area contributed by atoms with Gasteiger partial charge in [-0.3, -0.25) is 4.57 Å². The van der Waals surface area contributed by atoms with E-state index in [1.165, 1.54) is 11.0 Å². The number of aromatic hydroxyl groups is 1. The van der Waals surface area contributed by atoms with E-state index in [4.69, 9.17) is 16.0 Å². The molecule has 0 fully saturated rings. The van der Waals surface area contributed by atoms with Crippen molar-refractivity contribution in [3.63, 3.8) is 0 Å². The number of aromatic nitrogens is 2. The quantitative estimate of drug-likeness (QED) is 0.656. The maximum atomic E-state index is 9.25. The summed E-state index contributed by atoms with van der Waals surface area (Å²) in [6.07, 6.45) is 1.29. The maximum absolute atomic E-state index is 9.25. The normalized spacial score (nSPS) is 11.1. The third kappa shape index (κ3) is 0.670. The Labute approximate surface area is 67.0 Å². The monoisotopic (exact) mass is 172 g/mol. The molecule has 0 bridgehead atoms. The van der Waals surface area contributed by atoms with Crippen molar-refractivity contribution < 1.29 is 9.52 Å². The highest BCUT2D eigenvalue weighted by molar-refractivity contribution is 6.36. The molecule has 5 heteroatoms. The van der Waals surface area contributed by atoms with Gasteiger partial charge in [-0.1, -0.05) is 11.6 Å². The molecule has 58 valence electrons. The second-order valence-corrected chi connectivity index (χ2v) is 2.58. The summed E-state index contributed by atoms with van der Waals surface area (Å²) >= 11 is 5.68. The third-order valence-electron chi connectivity index (χ3n) is 1.58. The van der Waals surface area contributed by atoms with E-state index in [9.17, 15) is 5.11 Å². The fourth-order valence-corrected chi connectivity index (χ4v) is 1.23. The van der Waals surface area contributed by atoms with Gasteiger partial charge in [-0.25, -0.2) is 0 Å². The highest BCUT2D eigenvalue weighted by Crippen LogP contribution is 2.33. The largest absolute Gasteiger partial charge is 0.493 e. The van der Waals surface area contributed by atoms with Crippen LogP contribution in [0.15, 0.2) is 10.8 Å². The molecule has 1 N–H and O–H groups in total. The summed E-state index contributed by atoms with van der Waals surface area (Å²) in [7, 11) is 1.66. The molecule has 2 rings (SSSR count). The molecular weight excluding hydrogens is 168 g/mol. The van der Waals surface area contributed by atoms with E-state index in [0.717, 1.165) is 0 Å². The van der Waals surface area contributed by atoms with Gasteiger partial charge in [-0.2, -0.15) is 4.98 Å². The van der Waals surface area contributed by atoms with Crippen molar-refractivity contribution in [1.29, 1.82) is 0 Å². The van der Waals surface area contributed by atoms with E-state index < -0.39 is 0 Å². The molecule has 0 unspecified atom stereocenters. The molecule has 2 aromatic rings. The summed E-state index contributed by atoms with van der Waals surface area (Å²) < 4.78 is 6.39. The fraction of sp³-hybridized carbons (Fsp3) is 0.167. The molecule has 2 aromatic heterocycles. The molecule has 0 saturated carbocycles. The van der Waals surface area contributed by atoms with Crippen molar-refractivity contribution in [3.05, 3.63) is 11.4 Å². The first-order chi connectivity index (χ1) is 5.22. The van der Waals surface area contributed by atoms with Crippen LogP contribution in [0.25, 0.3) is 11.2 Å². The summed E-state index contributed by atoms with van der Waals surface area (Å²) in [4.78, 5) is 3.85. The lowest BCUT2D eigenvalue weighted by Crippen LogP contribution is -1.85. The van der Waals surface area contributed by atoms with Gasteiger partial charge >= 0.3 is 0 Å². The predicted octanol–water partition coefficient (Wildman–Crippen LogP) is 1.53. The van der Waals surface area contributed by atoms with Crippen LogP contribution in [0.5, 0.6) is 5.88 Å². The van der Waals surface area contributed by atoms with Crippen LogP contribution in [-0.2, 0) is 7.05 Å². The average Bonchev–Trinajstić information content (AvgIpc) is 2.53. The van der Waals surface area contributed by atoms with Gasteiger partial charge < -0.3 is 9.52 Å². The number of hydrogen-bond acceptors (Lipinski definition) is 3. The lowest BCUT2D eigenvalue weighted by Gasteiger charge is -1.91. The minimum absolute atomic E-state index is 0.0199. The SMILES string of the molecule is Cn1c(O)c(Cl)c2ocnc21. The maximum Gasteiger partial charge on any atom is 0.215 e. The van der Waals surface area contributed by atoms with Crippen LogP contribution >= 0.6 is 11.6 Å². The molecule has 4 nitrogen and oxygen atoms in total. The van der Waals surface area contributed by atoms with E-state index in [1.807, 2.05) is 0 Å². The van der Waals surface area contributed by atoms with E-state index in [0.29, 0.717) is 11.2 Å². The first-order valence-corrected chi connectivity index (χ1v) is 3.36. The van der Waals surface area contributed by atoms with Crippen molar-refractivity contribution in [2.45, 2.75) is 0 Å². The number of rotatable bonds is 0. The third-order valence-corrected chi connectivity index (χ3v) is 1.92. The minimum atomic E-state index is -0.0199. The van der Waals surface area contributed by atoms with Crippen molar-refractivity contribution in [1.82, 2.24) is 9.55 Å². The highest BCUT2D eigenvalue weighted by atomic mass is 35.5. The minimum Gasteiger partial charge on any atom is -0.493 e. The van der Waals surface area contributed by atoms with Gasteiger partial charge in [-0.05, 0) is 0 Å². The van der Waals surface area contributed by atoms with Crippen molar-refractivity contribution in [3.8, 4) is 5.88 Å². The average molecular weight is 173 g/mol. The van der Waals surface area contributed by atoms with Gasteiger partial charge in [0, 0.05) is 7.05 Å². The molecule has 0 radical (unpaired) electrons. The van der Waals surface area contributed by atoms with E-state index >= 15 is 0 Å². The van der Waals surface area contributed by atoms with Crippen molar-refractivity contribution in [2.75, 3.05) is 0 Å². The van der Waals surface area contributed by atoms with E-state index in [2.05, 4.69) is 4.98 Å². The second kappa shape index (κ2) is 1.92. The summed E-state index contributed by atoms with van der Waals surface area (Å²) in [5.74, 6) is -0.0199. The molecule has 0 atom stereocenters. The Balaban J connectivity index is 3.00. The summed E-state index contributed by atoms with van der Waals surface area (Å²) in [6, 6.07) is 0. The topological polar surface area (TPSA) is 51.2 Å². The molecule has 0 aliphatic carbocycles.